The predicted molar refractivity (Wildman–Crippen MR) is 81.5 cm³/mol. The summed E-state index contributed by atoms with van der Waals surface area (Å²) in [6, 6.07) is 11.5. The number of para-hydroxylation sites is 1. The Kier molecular flexibility index (Phi) is 4.83. The predicted octanol–water partition coefficient (Wildman–Crippen LogP) is 1.61. The third-order valence-corrected chi connectivity index (χ3v) is 2.94. The van der Waals surface area contributed by atoms with E-state index >= 15 is 0 Å². The molecule has 0 saturated heterocycles. The van der Waals surface area contributed by atoms with Crippen LogP contribution in [0.1, 0.15) is 15.9 Å². The van der Waals surface area contributed by atoms with E-state index in [0.717, 1.165) is 0 Å². The van der Waals surface area contributed by atoms with Crippen LogP contribution in [0.15, 0.2) is 54.6 Å². The normalized spacial score (nSPS) is 10.4. The van der Waals surface area contributed by atoms with Gasteiger partial charge in [0.15, 0.2) is 0 Å². The highest BCUT2D eigenvalue weighted by molar-refractivity contribution is 6.05. The van der Waals surface area contributed by atoms with Gasteiger partial charge in [-0.15, -0.1) is 0 Å². The van der Waals surface area contributed by atoms with E-state index in [1.807, 2.05) is 0 Å². The lowest BCUT2D eigenvalue weighted by atomic mass is 10.1. The van der Waals surface area contributed by atoms with Crippen molar-refractivity contribution in [2.45, 2.75) is 0 Å². The summed E-state index contributed by atoms with van der Waals surface area (Å²) in [5, 5.41) is 23.9. The summed E-state index contributed by atoms with van der Waals surface area (Å²) in [4.78, 5) is 32.8. The average Bonchev–Trinajstić information content (AvgIpc) is 2.53. The molecule has 2 aromatic rings. The number of rotatable bonds is 5. The Bertz CT molecular complexity index is 781. The van der Waals surface area contributed by atoms with Gasteiger partial charge in [-0.1, -0.05) is 18.2 Å². The van der Waals surface area contributed by atoms with Gasteiger partial charge in [0, 0.05) is 23.8 Å². The minimum atomic E-state index is -1.39. The van der Waals surface area contributed by atoms with Crippen molar-refractivity contribution in [2.75, 3.05) is 5.32 Å². The van der Waals surface area contributed by atoms with Gasteiger partial charge in [0.25, 0.3) is 5.69 Å². The highest BCUT2D eigenvalue weighted by Crippen LogP contribution is 2.15. The van der Waals surface area contributed by atoms with E-state index in [1.54, 1.807) is 6.07 Å². The molecule has 0 heterocycles. The van der Waals surface area contributed by atoms with E-state index in [9.17, 15) is 24.8 Å². The summed E-state index contributed by atoms with van der Waals surface area (Å²) in [6.45, 7) is 0. The molecule has 2 aromatic carbocycles. The summed E-state index contributed by atoms with van der Waals surface area (Å²) < 4.78 is 0. The second-order valence-electron chi connectivity index (χ2n) is 4.50. The van der Waals surface area contributed by atoms with Crippen LogP contribution in [0.25, 0.3) is 6.08 Å². The number of carboxylic acid groups (broad SMARTS) is 1. The number of aromatic carboxylic acids is 1. The number of hydrogen-bond donors (Lipinski definition) is 1. The van der Waals surface area contributed by atoms with Crippen LogP contribution in [-0.4, -0.2) is 16.8 Å². The lowest BCUT2D eigenvalue weighted by Crippen LogP contribution is -2.24. The summed E-state index contributed by atoms with van der Waals surface area (Å²) in [7, 11) is 0. The van der Waals surface area contributed by atoms with E-state index < -0.39 is 16.8 Å². The third kappa shape index (κ3) is 4.24. The van der Waals surface area contributed by atoms with Crippen LogP contribution in [-0.2, 0) is 4.79 Å². The molecule has 7 nitrogen and oxygen atoms in total. The number of hydrogen-bond acceptors (Lipinski definition) is 5. The highest BCUT2D eigenvalue weighted by Gasteiger charge is 2.05. The number of non-ortho nitro benzene ring substituents is 1. The Morgan fingerprint density at radius 3 is 2.30 bits per heavy atom. The molecule has 116 valence electrons. The van der Waals surface area contributed by atoms with Crippen LogP contribution in [0.4, 0.5) is 11.4 Å². The molecule has 2 rings (SSSR count). The van der Waals surface area contributed by atoms with Gasteiger partial charge in [0.1, 0.15) is 0 Å². The van der Waals surface area contributed by atoms with Crippen molar-refractivity contribution < 1.29 is 19.6 Å². The molecular formula is C16H11N2O5-. The standard InChI is InChI=1S/C16H12N2O5/c19-15(17-14-4-2-1-3-13(14)16(20)21)10-7-11-5-8-12(9-6-11)18(22)23/h1-10H,(H,17,19)(H,20,21)/p-1/b10-7+. The Morgan fingerprint density at radius 2 is 1.70 bits per heavy atom. The zero-order chi connectivity index (χ0) is 16.8. The fourth-order valence-electron chi connectivity index (χ4n) is 1.82. The smallest absolute Gasteiger partial charge is 0.269 e. The molecule has 0 aliphatic heterocycles. The van der Waals surface area contributed by atoms with Crippen molar-refractivity contribution in [3.8, 4) is 0 Å². The van der Waals surface area contributed by atoms with Crippen molar-refractivity contribution in [3.05, 3.63) is 75.8 Å². The third-order valence-electron chi connectivity index (χ3n) is 2.94. The van der Waals surface area contributed by atoms with E-state index in [4.69, 9.17) is 0 Å². The molecule has 1 amide bonds. The number of nitrogens with zero attached hydrogens (tertiary/aromatic N) is 1. The lowest BCUT2D eigenvalue weighted by Gasteiger charge is -2.09. The Hall–Kier alpha value is -3.48. The number of carbonyl (C=O) groups is 2. The van der Waals surface area contributed by atoms with Crippen LogP contribution in [0, 0.1) is 10.1 Å². The van der Waals surface area contributed by atoms with Crippen molar-refractivity contribution in [3.63, 3.8) is 0 Å². The molecule has 0 aromatic heterocycles. The van der Waals surface area contributed by atoms with Crippen molar-refractivity contribution in [2.24, 2.45) is 0 Å². The number of nitro benzene ring substituents is 1. The van der Waals surface area contributed by atoms with E-state index in [2.05, 4.69) is 5.32 Å². The SMILES string of the molecule is O=C(/C=C/c1ccc([N+](=O)[O-])cc1)Nc1ccccc1C(=O)[O-]. The van der Waals surface area contributed by atoms with Crippen molar-refractivity contribution >= 4 is 29.3 Å². The quantitative estimate of drug-likeness (QED) is 0.512. The van der Waals surface area contributed by atoms with E-state index in [-0.39, 0.29) is 16.9 Å². The molecule has 0 bridgehead atoms. The van der Waals surface area contributed by atoms with Crippen LogP contribution >= 0.6 is 0 Å². The molecule has 0 unspecified atom stereocenters. The van der Waals surface area contributed by atoms with Gasteiger partial charge in [-0.3, -0.25) is 14.9 Å². The second kappa shape index (κ2) is 6.99. The summed E-state index contributed by atoms with van der Waals surface area (Å²) in [6.07, 6.45) is 2.66. The first kappa shape index (κ1) is 15.9. The number of nitrogens with one attached hydrogen (secondary N) is 1. The van der Waals surface area contributed by atoms with Gasteiger partial charge in [0.2, 0.25) is 5.91 Å². The fourth-order valence-corrected chi connectivity index (χ4v) is 1.82. The zero-order valence-corrected chi connectivity index (χ0v) is 11.8. The maximum atomic E-state index is 11.8. The molecule has 0 saturated carbocycles. The summed E-state index contributed by atoms with van der Waals surface area (Å²) >= 11 is 0. The maximum absolute atomic E-state index is 11.8. The molecule has 7 heteroatoms. The molecule has 0 fully saturated rings. The fraction of sp³-hybridized carbons (Fsp3) is 0. The largest absolute Gasteiger partial charge is 0.545 e. The van der Waals surface area contributed by atoms with E-state index in [1.165, 1.54) is 54.6 Å². The molecule has 1 N–H and O–H groups in total. The van der Waals surface area contributed by atoms with Gasteiger partial charge in [-0.25, -0.2) is 0 Å². The first-order valence-electron chi connectivity index (χ1n) is 6.51. The minimum Gasteiger partial charge on any atom is -0.545 e. The summed E-state index contributed by atoms with van der Waals surface area (Å²) in [5.41, 5.74) is 0.559. The van der Waals surface area contributed by atoms with Crippen LogP contribution < -0.4 is 10.4 Å². The molecule has 0 aliphatic carbocycles. The number of nitro groups is 1. The Morgan fingerprint density at radius 1 is 1.04 bits per heavy atom. The Balaban J connectivity index is 2.07. The average molecular weight is 311 g/mol. The number of anilines is 1. The van der Waals surface area contributed by atoms with Crippen molar-refractivity contribution in [1.29, 1.82) is 0 Å². The molecule has 23 heavy (non-hydrogen) atoms. The topological polar surface area (TPSA) is 112 Å². The lowest BCUT2D eigenvalue weighted by molar-refractivity contribution is -0.384. The van der Waals surface area contributed by atoms with Gasteiger partial charge in [-0.05, 0) is 29.8 Å². The molecular weight excluding hydrogens is 300 g/mol. The number of carboxylic acids is 1. The van der Waals surface area contributed by atoms with Gasteiger partial charge in [0.05, 0.1) is 16.6 Å². The molecule has 0 atom stereocenters. The van der Waals surface area contributed by atoms with Gasteiger partial charge in [-0.2, -0.15) is 0 Å². The van der Waals surface area contributed by atoms with Gasteiger partial charge >= 0.3 is 0 Å². The van der Waals surface area contributed by atoms with Crippen LogP contribution in [0.3, 0.4) is 0 Å². The molecule has 0 radical (unpaired) electrons. The monoisotopic (exact) mass is 311 g/mol. The maximum Gasteiger partial charge on any atom is 0.269 e. The number of carbonyl (C=O) groups excluding carboxylic acids is 2. The second-order valence-corrected chi connectivity index (χ2v) is 4.50. The van der Waals surface area contributed by atoms with Crippen molar-refractivity contribution in [1.82, 2.24) is 0 Å². The molecule has 0 aliphatic rings. The van der Waals surface area contributed by atoms with E-state index in [0.29, 0.717) is 5.56 Å². The first-order valence-corrected chi connectivity index (χ1v) is 6.51. The van der Waals surface area contributed by atoms with Crippen LogP contribution in [0.5, 0.6) is 0 Å². The number of benzene rings is 2. The Labute approximate surface area is 131 Å². The van der Waals surface area contributed by atoms with Crippen LogP contribution in [0.2, 0.25) is 0 Å². The molecule has 0 spiro atoms. The zero-order valence-electron chi connectivity index (χ0n) is 11.8. The van der Waals surface area contributed by atoms with Gasteiger partial charge < -0.3 is 15.2 Å². The first-order chi connectivity index (χ1) is 11.0. The number of amides is 1. The summed E-state index contributed by atoms with van der Waals surface area (Å²) in [5.74, 6) is -1.92. The highest BCUT2D eigenvalue weighted by atomic mass is 16.6. The minimum absolute atomic E-state index is 0.0468.